The van der Waals surface area contributed by atoms with Gasteiger partial charge in [-0.25, -0.2) is 0 Å². The lowest BCUT2D eigenvalue weighted by molar-refractivity contribution is -0.118. The highest BCUT2D eigenvalue weighted by Gasteiger charge is 2.09. The van der Waals surface area contributed by atoms with Gasteiger partial charge in [0.25, 0.3) is 5.91 Å². The second-order valence-electron chi connectivity index (χ2n) is 4.97. The lowest BCUT2D eigenvalue weighted by Gasteiger charge is -2.06. The Hall–Kier alpha value is -2.15. The van der Waals surface area contributed by atoms with Crippen LogP contribution in [0.3, 0.4) is 0 Å². The third-order valence-corrected chi connectivity index (χ3v) is 4.04. The molecule has 0 atom stereocenters. The molecule has 1 aromatic carbocycles. The van der Waals surface area contributed by atoms with Crippen molar-refractivity contribution in [1.82, 2.24) is 10.2 Å². The molecule has 0 bridgehead atoms. The van der Waals surface area contributed by atoms with Gasteiger partial charge in [0, 0.05) is 6.42 Å². The molecule has 0 saturated carbocycles. The fraction of sp³-hybridized carbons (Fsp3) is 0.438. The molecule has 1 N–H and O–H groups in total. The number of rotatable bonds is 9. The van der Waals surface area contributed by atoms with E-state index < -0.39 is 0 Å². The maximum absolute atomic E-state index is 11.9. The minimum atomic E-state index is -0.253. The lowest BCUT2D eigenvalue weighted by atomic mass is 10.2. The van der Waals surface area contributed by atoms with Crippen LogP contribution < -0.4 is 14.8 Å². The van der Waals surface area contributed by atoms with Gasteiger partial charge in [0.05, 0.1) is 7.11 Å². The van der Waals surface area contributed by atoms with E-state index in [1.807, 2.05) is 0 Å². The molecule has 1 aromatic heterocycles. The number of nitrogens with zero attached hydrogens (tertiary/aromatic N) is 2. The van der Waals surface area contributed by atoms with Gasteiger partial charge in [0.15, 0.2) is 6.61 Å². The highest BCUT2D eigenvalue weighted by molar-refractivity contribution is 7.15. The minimum absolute atomic E-state index is 0.0723. The number of amides is 1. The van der Waals surface area contributed by atoms with Crippen molar-refractivity contribution in [3.8, 4) is 11.5 Å². The Kier molecular flexibility index (Phi) is 6.80. The van der Waals surface area contributed by atoms with Gasteiger partial charge in [-0.3, -0.25) is 10.1 Å². The summed E-state index contributed by atoms with van der Waals surface area (Å²) in [5.41, 5.74) is 0. The standard InChI is InChI=1S/C16H21N3O3S/c1-3-4-5-6-15-18-19-16(23-15)17-14(20)11-22-13-9-7-12(21-2)8-10-13/h7-10H,3-6,11H2,1-2H3,(H,17,19,20). The van der Waals surface area contributed by atoms with Crippen LogP contribution in [0, 0.1) is 0 Å². The van der Waals surface area contributed by atoms with E-state index in [0.717, 1.165) is 23.6 Å². The average molecular weight is 335 g/mol. The molecule has 7 heteroatoms. The highest BCUT2D eigenvalue weighted by Crippen LogP contribution is 2.18. The zero-order valence-corrected chi connectivity index (χ0v) is 14.2. The predicted molar refractivity (Wildman–Crippen MR) is 90.3 cm³/mol. The second-order valence-corrected chi connectivity index (χ2v) is 6.03. The lowest BCUT2D eigenvalue weighted by Crippen LogP contribution is -2.20. The number of unbranched alkanes of at least 4 members (excludes halogenated alkanes) is 2. The largest absolute Gasteiger partial charge is 0.497 e. The molecular formula is C16H21N3O3S. The normalized spacial score (nSPS) is 10.3. The quantitative estimate of drug-likeness (QED) is 0.712. The summed E-state index contributed by atoms with van der Waals surface area (Å²) in [6, 6.07) is 7.06. The number of hydrogen-bond acceptors (Lipinski definition) is 6. The van der Waals surface area contributed by atoms with Crippen LogP contribution in [0.15, 0.2) is 24.3 Å². The summed E-state index contributed by atoms with van der Waals surface area (Å²) in [6.07, 6.45) is 4.35. The van der Waals surface area contributed by atoms with Crippen molar-refractivity contribution in [2.24, 2.45) is 0 Å². The van der Waals surface area contributed by atoms with Crippen LogP contribution in [0.25, 0.3) is 0 Å². The topological polar surface area (TPSA) is 73.3 Å². The zero-order chi connectivity index (χ0) is 16.5. The van der Waals surface area contributed by atoms with Crippen LogP contribution in [0.4, 0.5) is 5.13 Å². The molecule has 0 aliphatic rings. The van der Waals surface area contributed by atoms with Crippen molar-refractivity contribution in [2.45, 2.75) is 32.6 Å². The number of carbonyl (C=O) groups excluding carboxylic acids is 1. The maximum Gasteiger partial charge on any atom is 0.264 e. The summed E-state index contributed by atoms with van der Waals surface area (Å²) >= 11 is 1.41. The molecule has 0 aliphatic heterocycles. The Morgan fingerprint density at radius 2 is 1.91 bits per heavy atom. The van der Waals surface area contributed by atoms with Gasteiger partial charge in [-0.15, -0.1) is 10.2 Å². The Bertz CT molecular complexity index is 613. The van der Waals surface area contributed by atoms with E-state index in [9.17, 15) is 4.79 Å². The smallest absolute Gasteiger partial charge is 0.264 e. The van der Waals surface area contributed by atoms with E-state index in [-0.39, 0.29) is 12.5 Å². The predicted octanol–water partition coefficient (Wildman–Crippen LogP) is 3.30. The first kappa shape index (κ1) is 17.2. The highest BCUT2D eigenvalue weighted by atomic mass is 32.1. The van der Waals surface area contributed by atoms with E-state index in [4.69, 9.17) is 9.47 Å². The molecule has 23 heavy (non-hydrogen) atoms. The molecule has 124 valence electrons. The molecule has 6 nitrogen and oxygen atoms in total. The fourth-order valence-electron chi connectivity index (χ4n) is 1.91. The average Bonchev–Trinajstić information content (AvgIpc) is 3.01. The van der Waals surface area contributed by atoms with Crippen LogP contribution in [0.5, 0.6) is 11.5 Å². The maximum atomic E-state index is 11.9. The van der Waals surface area contributed by atoms with Crippen LogP contribution in [-0.2, 0) is 11.2 Å². The van der Waals surface area contributed by atoms with Gasteiger partial charge < -0.3 is 9.47 Å². The van der Waals surface area contributed by atoms with Gasteiger partial charge in [-0.05, 0) is 30.7 Å². The van der Waals surface area contributed by atoms with Crippen LogP contribution in [-0.4, -0.2) is 29.8 Å². The number of benzene rings is 1. The number of anilines is 1. The number of carbonyl (C=O) groups is 1. The van der Waals surface area contributed by atoms with E-state index in [1.165, 1.54) is 24.2 Å². The Morgan fingerprint density at radius 1 is 1.17 bits per heavy atom. The van der Waals surface area contributed by atoms with E-state index in [2.05, 4.69) is 22.4 Å². The Labute approximate surface area is 139 Å². The van der Waals surface area contributed by atoms with Crippen LogP contribution >= 0.6 is 11.3 Å². The molecule has 0 unspecified atom stereocenters. The number of ether oxygens (including phenoxy) is 2. The molecule has 1 amide bonds. The Morgan fingerprint density at radius 3 is 2.61 bits per heavy atom. The molecule has 1 heterocycles. The molecule has 0 saturated heterocycles. The van der Waals surface area contributed by atoms with Crippen molar-refractivity contribution < 1.29 is 14.3 Å². The van der Waals surface area contributed by atoms with Gasteiger partial charge in [0.1, 0.15) is 16.5 Å². The summed E-state index contributed by atoms with van der Waals surface area (Å²) in [5.74, 6) is 1.10. The first-order valence-corrected chi connectivity index (χ1v) is 8.42. The van der Waals surface area contributed by atoms with Crippen molar-refractivity contribution in [2.75, 3.05) is 19.0 Å². The van der Waals surface area contributed by atoms with Crippen molar-refractivity contribution in [3.05, 3.63) is 29.3 Å². The first-order valence-electron chi connectivity index (χ1n) is 7.60. The second kappa shape index (κ2) is 9.09. The molecule has 0 spiro atoms. The van der Waals surface area contributed by atoms with Crippen LogP contribution in [0.2, 0.25) is 0 Å². The summed E-state index contributed by atoms with van der Waals surface area (Å²) in [7, 11) is 1.60. The number of aryl methyl sites for hydroxylation is 1. The van der Waals surface area contributed by atoms with E-state index in [1.54, 1.807) is 31.4 Å². The van der Waals surface area contributed by atoms with Crippen molar-refractivity contribution in [1.29, 1.82) is 0 Å². The van der Waals surface area contributed by atoms with Gasteiger partial charge >= 0.3 is 0 Å². The summed E-state index contributed by atoms with van der Waals surface area (Å²) in [4.78, 5) is 11.9. The molecule has 0 fully saturated rings. The summed E-state index contributed by atoms with van der Waals surface area (Å²) in [6.45, 7) is 2.09. The summed E-state index contributed by atoms with van der Waals surface area (Å²) in [5, 5.41) is 12.2. The van der Waals surface area contributed by atoms with Gasteiger partial charge in [0.2, 0.25) is 5.13 Å². The Balaban J connectivity index is 1.75. The minimum Gasteiger partial charge on any atom is -0.497 e. The zero-order valence-electron chi connectivity index (χ0n) is 13.4. The number of hydrogen-bond donors (Lipinski definition) is 1. The number of nitrogens with one attached hydrogen (secondary N) is 1. The van der Waals surface area contributed by atoms with E-state index in [0.29, 0.717) is 10.9 Å². The SMILES string of the molecule is CCCCCc1nnc(NC(=O)COc2ccc(OC)cc2)s1. The molecular weight excluding hydrogens is 314 g/mol. The first-order chi connectivity index (χ1) is 11.2. The molecule has 0 radical (unpaired) electrons. The third-order valence-electron chi connectivity index (χ3n) is 3.14. The number of methoxy groups -OCH3 is 1. The third kappa shape index (κ3) is 5.86. The van der Waals surface area contributed by atoms with Crippen molar-refractivity contribution in [3.63, 3.8) is 0 Å². The molecule has 2 rings (SSSR count). The molecule has 0 aliphatic carbocycles. The fourth-order valence-corrected chi connectivity index (χ4v) is 2.71. The van der Waals surface area contributed by atoms with Crippen LogP contribution in [0.1, 0.15) is 31.2 Å². The number of aromatic nitrogens is 2. The molecule has 2 aromatic rings. The monoisotopic (exact) mass is 335 g/mol. The van der Waals surface area contributed by atoms with E-state index >= 15 is 0 Å². The van der Waals surface area contributed by atoms with Gasteiger partial charge in [-0.2, -0.15) is 0 Å². The van der Waals surface area contributed by atoms with Gasteiger partial charge in [-0.1, -0.05) is 31.1 Å². The summed E-state index contributed by atoms with van der Waals surface area (Å²) < 4.78 is 10.5. The van der Waals surface area contributed by atoms with Crippen molar-refractivity contribution >= 4 is 22.4 Å².